The molecule has 40 heavy (non-hydrogen) atoms. The van der Waals surface area contributed by atoms with Crippen molar-refractivity contribution in [3.63, 3.8) is 0 Å². The number of rotatable bonds is 11. The van der Waals surface area contributed by atoms with Gasteiger partial charge in [0.25, 0.3) is 0 Å². The maximum absolute atomic E-state index is 13.9. The molecule has 1 N–H and O–H groups in total. The van der Waals surface area contributed by atoms with E-state index in [0.717, 1.165) is 55.6 Å². The molecular formula is C31H45N3O5S. The lowest BCUT2D eigenvalue weighted by atomic mass is 9.89. The zero-order chi connectivity index (χ0) is 28.8. The molecule has 4 rings (SSSR count). The van der Waals surface area contributed by atoms with Gasteiger partial charge >= 0.3 is 0 Å². The Hall–Kier alpha value is -2.46. The molecule has 0 aliphatic carbocycles. The van der Waals surface area contributed by atoms with Crippen LogP contribution in [0.5, 0.6) is 5.75 Å². The average Bonchev–Trinajstić information content (AvgIpc) is 2.91. The number of nitrogens with zero attached hydrogens (tertiary/aromatic N) is 2. The SMILES string of the molecule is CCCCOc1ccc(NC(=O)CN2CCC[C@@]3(C2)CN(S(=O)(=O)c2ccc(C)cc2)[C@@H](CC(C)C)CO3)cc1. The number of sulfonamides is 1. The van der Waals surface area contributed by atoms with Gasteiger partial charge in [-0.25, -0.2) is 8.42 Å². The number of hydrogen-bond donors (Lipinski definition) is 1. The molecule has 0 saturated carbocycles. The maximum Gasteiger partial charge on any atom is 0.243 e. The van der Waals surface area contributed by atoms with E-state index in [1.54, 1.807) is 16.4 Å². The van der Waals surface area contributed by atoms with Crippen molar-refractivity contribution in [2.24, 2.45) is 5.92 Å². The Balaban J connectivity index is 1.42. The number of likely N-dealkylation sites (tertiary alicyclic amines) is 1. The summed E-state index contributed by atoms with van der Waals surface area (Å²) in [4.78, 5) is 15.3. The van der Waals surface area contributed by atoms with Gasteiger partial charge in [-0.3, -0.25) is 9.69 Å². The third-order valence-corrected chi connectivity index (χ3v) is 9.61. The van der Waals surface area contributed by atoms with Crippen LogP contribution in [-0.4, -0.2) is 74.6 Å². The number of aryl methyl sites for hydroxylation is 1. The average molecular weight is 572 g/mol. The molecule has 1 amide bonds. The summed E-state index contributed by atoms with van der Waals surface area (Å²) in [7, 11) is -3.70. The number of piperidine rings is 1. The van der Waals surface area contributed by atoms with E-state index in [1.165, 1.54) is 0 Å². The number of amides is 1. The second-order valence-electron chi connectivity index (χ2n) is 11.7. The summed E-state index contributed by atoms with van der Waals surface area (Å²) in [6, 6.07) is 14.3. The summed E-state index contributed by atoms with van der Waals surface area (Å²) in [6.45, 7) is 11.1. The highest BCUT2D eigenvalue weighted by Crippen LogP contribution is 2.35. The van der Waals surface area contributed by atoms with E-state index in [9.17, 15) is 13.2 Å². The van der Waals surface area contributed by atoms with Crippen LogP contribution < -0.4 is 10.1 Å². The third-order valence-electron chi connectivity index (χ3n) is 7.69. The van der Waals surface area contributed by atoms with Gasteiger partial charge in [-0.15, -0.1) is 0 Å². The summed E-state index contributed by atoms with van der Waals surface area (Å²) < 4.78 is 41.6. The fourth-order valence-corrected chi connectivity index (χ4v) is 7.31. The van der Waals surface area contributed by atoms with Crippen molar-refractivity contribution >= 4 is 21.6 Å². The molecule has 2 atom stereocenters. The monoisotopic (exact) mass is 571 g/mol. The van der Waals surface area contributed by atoms with Gasteiger partial charge in [-0.1, -0.05) is 44.9 Å². The minimum atomic E-state index is -3.70. The van der Waals surface area contributed by atoms with Crippen LogP contribution in [0.3, 0.4) is 0 Å². The largest absolute Gasteiger partial charge is 0.494 e. The molecule has 0 bridgehead atoms. The molecule has 2 heterocycles. The van der Waals surface area contributed by atoms with Crippen molar-refractivity contribution in [3.8, 4) is 5.75 Å². The predicted octanol–water partition coefficient (Wildman–Crippen LogP) is 5.08. The standard InChI is InChI=1S/C31H45N3O5S/c1-5-6-18-38-28-12-10-26(11-13-28)32-30(35)20-33-17-7-16-31(22-33)23-34(27(21-39-31)19-24(2)3)40(36,37)29-14-8-25(4)9-15-29/h8-15,24,27H,5-7,16-23H2,1-4H3,(H,32,35)/t27-,31+/m0/s1. The summed E-state index contributed by atoms with van der Waals surface area (Å²) in [5.41, 5.74) is 1.11. The van der Waals surface area contributed by atoms with E-state index in [0.29, 0.717) is 30.6 Å². The van der Waals surface area contributed by atoms with Gasteiger partial charge in [0.1, 0.15) is 5.75 Å². The Kier molecular flexibility index (Phi) is 10.3. The first-order valence-corrected chi connectivity index (χ1v) is 16.0. The molecule has 1 spiro atoms. The van der Waals surface area contributed by atoms with Gasteiger partial charge in [0.15, 0.2) is 0 Å². The lowest BCUT2D eigenvalue weighted by Gasteiger charge is -2.50. The summed E-state index contributed by atoms with van der Waals surface area (Å²) in [5.74, 6) is 1.02. The lowest BCUT2D eigenvalue weighted by molar-refractivity contribution is -0.146. The Morgan fingerprint density at radius 3 is 2.52 bits per heavy atom. The second kappa shape index (κ2) is 13.5. The number of morpholine rings is 1. The number of hydrogen-bond acceptors (Lipinski definition) is 6. The highest BCUT2D eigenvalue weighted by Gasteiger charge is 2.47. The molecule has 0 radical (unpaired) electrons. The molecule has 2 aromatic rings. The van der Waals surface area contributed by atoms with Gasteiger partial charge in [0.05, 0.1) is 30.3 Å². The summed E-state index contributed by atoms with van der Waals surface area (Å²) in [5, 5.41) is 2.98. The second-order valence-corrected chi connectivity index (χ2v) is 13.6. The van der Waals surface area contributed by atoms with E-state index in [1.807, 2.05) is 43.3 Å². The van der Waals surface area contributed by atoms with Crippen LogP contribution in [0.25, 0.3) is 0 Å². The van der Waals surface area contributed by atoms with Crippen molar-refractivity contribution < 1.29 is 22.7 Å². The number of nitrogens with one attached hydrogen (secondary N) is 1. The lowest BCUT2D eigenvalue weighted by Crippen LogP contribution is -2.64. The van der Waals surface area contributed by atoms with E-state index < -0.39 is 15.6 Å². The zero-order valence-electron chi connectivity index (χ0n) is 24.4. The third kappa shape index (κ3) is 7.84. The Morgan fingerprint density at radius 1 is 1.12 bits per heavy atom. The van der Waals surface area contributed by atoms with Crippen LogP contribution in [0.1, 0.15) is 58.4 Å². The van der Waals surface area contributed by atoms with E-state index in [4.69, 9.17) is 9.47 Å². The smallest absolute Gasteiger partial charge is 0.243 e. The van der Waals surface area contributed by atoms with Crippen LogP contribution >= 0.6 is 0 Å². The molecule has 8 nitrogen and oxygen atoms in total. The van der Waals surface area contributed by atoms with Crippen LogP contribution in [0.15, 0.2) is 53.4 Å². The molecule has 9 heteroatoms. The number of anilines is 1. The number of ether oxygens (including phenoxy) is 2. The van der Waals surface area contributed by atoms with Gasteiger partial charge in [-0.2, -0.15) is 4.31 Å². The fraction of sp³-hybridized carbons (Fsp3) is 0.581. The fourth-order valence-electron chi connectivity index (χ4n) is 5.62. The van der Waals surface area contributed by atoms with Gasteiger partial charge < -0.3 is 14.8 Å². The molecule has 2 fully saturated rings. The quantitative estimate of drug-likeness (QED) is 0.379. The molecule has 0 unspecified atom stereocenters. The first-order valence-electron chi connectivity index (χ1n) is 14.6. The van der Waals surface area contributed by atoms with Crippen LogP contribution in [0.4, 0.5) is 5.69 Å². The topological polar surface area (TPSA) is 88.2 Å². The van der Waals surface area contributed by atoms with Crippen molar-refractivity contribution in [2.45, 2.75) is 76.3 Å². The molecule has 2 saturated heterocycles. The van der Waals surface area contributed by atoms with Crippen LogP contribution in [-0.2, 0) is 19.6 Å². The highest BCUT2D eigenvalue weighted by atomic mass is 32.2. The Labute approximate surface area is 240 Å². The number of carbonyl (C=O) groups is 1. The number of carbonyl (C=O) groups excluding carboxylic acids is 1. The van der Waals surface area contributed by atoms with Gasteiger partial charge in [0.2, 0.25) is 15.9 Å². The van der Waals surface area contributed by atoms with Crippen molar-refractivity contribution in [2.75, 3.05) is 44.7 Å². The first kappa shape index (κ1) is 30.5. The first-order chi connectivity index (χ1) is 19.1. The molecule has 220 valence electrons. The normalized spacial score (nSPS) is 22.5. The number of benzene rings is 2. The van der Waals surface area contributed by atoms with Crippen LogP contribution in [0.2, 0.25) is 0 Å². The van der Waals surface area contributed by atoms with E-state index in [2.05, 4.69) is 31.0 Å². The van der Waals surface area contributed by atoms with Crippen molar-refractivity contribution in [1.29, 1.82) is 0 Å². The predicted molar refractivity (Wildman–Crippen MR) is 158 cm³/mol. The maximum atomic E-state index is 13.9. The van der Waals surface area contributed by atoms with Crippen molar-refractivity contribution in [3.05, 3.63) is 54.1 Å². The molecule has 2 aliphatic rings. The molecular weight excluding hydrogens is 526 g/mol. The molecule has 2 aliphatic heterocycles. The minimum absolute atomic E-state index is 0.102. The Bertz CT molecular complexity index is 1220. The van der Waals surface area contributed by atoms with E-state index >= 15 is 0 Å². The molecule has 0 aromatic heterocycles. The zero-order valence-corrected chi connectivity index (χ0v) is 25.2. The Morgan fingerprint density at radius 2 is 1.85 bits per heavy atom. The van der Waals surface area contributed by atoms with Crippen molar-refractivity contribution in [1.82, 2.24) is 9.21 Å². The summed E-state index contributed by atoms with van der Waals surface area (Å²) in [6.07, 6.45) is 4.42. The molecule has 2 aromatic carbocycles. The van der Waals surface area contributed by atoms with E-state index in [-0.39, 0.29) is 25.0 Å². The van der Waals surface area contributed by atoms with Gasteiger partial charge in [-0.05, 0) is 81.5 Å². The van der Waals surface area contributed by atoms with Crippen LogP contribution in [0, 0.1) is 12.8 Å². The van der Waals surface area contributed by atoms with Gasteiger partial charge in [0, 0.05) is 24.8 Å². The highest BCUT2D eigenvalue weighted by molar-refractivity contribution is 7.89. The minimum Gasteiger partial charge on any atom is -0.494 e. The summed E-state index contributed by atoms with van der Waals surface area (Å²) >= 11 is 0. The number of unbranched alkanes of at least 4 members (excludes halogenated alkanes) is 1.